The first-order valence-electron chi connectivity index (χ1n) is 26.4. The highest BCUT2D eigenvalue weighted by atomic mass is 16.7. The first-order valence-corrected chi connectivity index (χ1v) is 26.4. The number of amides is 3. The highest BCUT2D eigenvalue weighted by Crippen LogP contribution is 2.44. The first-order chi connectivity index (χ1) is 33.0. The molecule has 20 heteroatoms. The van der Waals surface area contributed by atoms with Crippen LogP contribution in [0.1, 0.15) is 136 Å². The van der Waals surface area contributed by atoms with E-state index in [-0.39, 0.29) is 38.1 Å². The lowest BCUT2D eigenvalue weighted by Crippen LogP contribution is -2.71. The monoisotopic (exact) mass is 1030 g/mol. The van der Waals surface area contributed by atoms with Gasteiger partial charge in [-0.3, -0.25) is 9.69 Å². The zero-order chi connectivity index (χ0) is 54.7. The van der Waals surface area contributed by atoms with Gasteiger partial charge in [0.05, 0.1) is 42.0 Å². The van der Waals surface area contributed by atoms with E-state index in [0.29, 0.717) is 6.54 Å². The van der Waals surface area contributed by atoms with Gasteiger partial charge in [0.25, 0.3) is 0 Å². The number of esters is 1. The summed E-state index contributed by atoms with van der Waals surface area (Å²) in [7, 11) is 5.23. The van der Waals surface area contributed by atoms with Gasteiger partial charge in [0.1, 0.15) is 29.0 Å². The number of nitrogens with one attached hydrogen (secondary N) is 3. The minimum absolute atomic E-state index is 0.0385. The molecule has 20 nitrogen and oxygen atoms in total. The summed E-state index contributed by atoms with van der Waals surface area (Å²) in [6, 6.07) is -1.86. The van der Waals surface area contributed by atoms with Crippen LogP contribution in [0.2, 0.25) is 0 Å². The van der Waals surface area contributed by atoms with Crippen molar-refractivity contribution in [2.75, 3.05) is 60.5 Å². The number of rotatable bonds is 10. The highest BCUT2D eigenvalue weighted by molar-refractivity contribution is 5.75. The van der Waals surface area contributed by atoms with Gasteiger partial charge in [-0.25, -0.2) is 9.59 Å². The number of likely N-dealkylation sites (N-methyl/N-ethyl adjacent to an activating group) is 2. The third-order valence-corrected chi connectivity index (χ3v) is 15.6. The topological polar surface area (TPSA) is 243 Å². The molecule has 4 saturated heterocycles. The van der Waals surface area contributed by atoms with E-state index in [1.807, 2.05) is 62.3 Å². The summed E-state index contributed by atoms with van der Waals surface area (Å²) in [5.74, 6) is -3.11. The fraction of sp³-hybridized carbons (Fsp3) is 0.942. The van der Waals surface area contributed by atoms with Crippen molar-refractivity contribution in [3.63, 3.8) is 0 Å². The summed E-state index contributed by atoms with van der Waals surface area (Å²) in [6.07, 6.45) is -10.2. The number of alkyl carbamates (subject to hydrolysis) is 1. The van der Waals surface area contributed by atoms with E-state index in [1.165, 1.54) is 11.8 Å². The van der Waals surface area contributed by atoms with Crippen LogP contribution in [0, 0.1) is 17.8 Å². The molecule has 4 aliphatic rings. The molecule has 7 N–H and O–H groups in total. The first kappa shape index (κ1) is 62.1. The second-order valence-corrected chi connectivity index (χ2v) is 24.7. The predicted octanol–water partition coefficient (Wildman–Crippen LogP) is 3.59. The van der Waals surface area contributed by atoms with Crippen LogP contribution in [0.15, 0.2) is 0 Å². The van der Waals surface area contributed by atoms with E-state index in [4.69, 9.17) is 33.2 Å². The molecule has 0 aromatic heterocycles. The molecular formula is C52H98N6O14. The van der Waals surface area contributed by atoms with Crippen molar-refractivity contribution in [3.05, 3.63) is 0 Å². The highest BCUT2D eigenvalue weighted by Gasteiger charge is 2.59. The maximum absolute atomic E-state index is 14.8. The van der Waals surface area contributed by atoms with Gasteiger partial charge < -0.3 is 79.3 Å². The molecule has 72 heavy (non-hydrogen) atoms. The van der Waals surface area contributed by atoms with Crippen molar-refractivity contribution in [2.24, 2.45) is 17.8 Å². The zero-order valence-electron chi connectivity index (χ0n) is 47.4. The molecule has 0 spiro atoms. The summed E-state index contributed by atoms with van der Waals surface area (Å²) < 4.78 is 46.0. The van der Waals surface area contributed by atoms with Crippen molar-refractivity contribution in [2.45, 2.75) is 237 Å². The number of hydrogen-bond donors (Lipinski definition) is 7. The largest absolute Gasteiger partial charge is 0.459 e. The fourth-order valence-corrected chi connectivity index (χ4v) is 11.1. The zero-order valence-corrected chi connectivity index (χ0v) is 47.4. The summed E-state index contributed by atoms with van der Waals surface area (Å²) in [6.45, 7) is 32.1. The Hall–Kier alpha value is -2.47. The van der Waals surface area contributed by atoms with E-state index in [2.05, 4.69) is 32.8 Å². The van der Waals surface area contributed by atoms with E-state index in [1.54, 1.807) is 55.7 Å². The smallest absolute Gasteiger partial charge is 0.408 e. The Balaban J connectivity index is 1.89. The van der Waals surface area contributed by atoms with E-state index < -0.39 is 131 Å². The number of methoxy groups -OCH3 is 1. The second-order valence-electron chi connectivity index (χ2n) is 24.7. The number of hydrogen-bond acceptors (Lipinski definition) is 17. The number of carbonyl (C=O) groups excluding carboxylic acids is 3. The molecule has 0 aromatic carbocycles. The van der Waals surface area contributed by atoms with Crippen molar-refractivity contribution in [1.82, 2.24) is 30.7 Å². The second kappa shape index (κ2) is 24.2. The lowest BCUT2D eigenvalue weighted by molar-refractivity contribution is -0.339. The van der Waals surface area contributed by atoms with Crippen molar-refractivity contribution >= 4 is 18.1 Å². The van der Waals surface area contributed by atoms with Crippen LogP contribution in [-0.4, -0.2) is 215 Å². The summed E-state index contributed by atoms with van der Waals surface area (Å²) in [5, 5.41) is 58.3. The third kappa shape index (κ3) is 15.4. The van der Waals surface area contributed by atoms with Gasteiger partial charge in [-0.2, -0.15) is 0 Å². The number of aliphatic hydroxyl groups excluding tert-OH is 1. The van der Waals surface area contributed by atoms with Crippen LogP contribution >= 0.6 is 0 Å². The molecule has 420 valence electrons. The fourth-order valence-electron chi connectivity index (χ4n) is 11.1. The van der Waals surface area contributed by atoms with Crippen LogP contribution in [0.25, 0.3) is 0 Å². The molecule has 4 fully saturated rings. The molecule has 0 aliphatic carbocycles. The van der Waals surface area contributed by atoms with Gasteiger partial charge in [-0.1, -0.05) is 20.8 Å². The number of urea groups is 1. The Labute approximate surface area is 431 Å². The third-order valence-electron chi connectivity index (χ3n) is 15.6. The maximum atomic E-state index is 14.8. The average Bonchev–Trinajstić information content (AvgIpc) is 3.26. The van der Waals surface area contributed by atoms with E-state index in [9.17, 15) is 34.8 Å². The number of ether oxygens (including phenoxy) is 7. The molecule has 3 amide bonds. The lowest BCUT2D eigenvalue weighted by atomic mass is 9.74. The van der Waals surface area contributed by atoms with Gasteiger partial charge in [-0.05, 0) is 129 Å². The maximum Gasteiger partial charge on any atom is 0.408 e. The van der Waals surface area contributed by atoms with Crippen molar-refractivity contribution < 1.29 is 68.0 Å². The number of carbonyl (C=O) groups is 3. The summed E-state index contributed by atoms with van der Waals surface area (Å²) >= 11 is 0. The number of nitrogens with zero attached hydrogens (tertiary/aromatic N) is 3. The molecular weight excluding hydrogens is 933 g/mol. The van der Waals surface area contributed by atoms with Crippen LogP contribution < -0.4 is 16.0 Å². The van der Waals surface area contributed by atoms with Gasteiger partial charge in [0.2, 0.25) is 0 Å². The summed E-state index contributed by atoms with van der Waals surface area (Å²) in [5.41, 5.74) is -7.61. The van der Waals surface area contributed by atoms with Gasteiger partial charge in [0, 0.05) is 76.3 Å². The lowest BCUT2D eigenvalue weighted by Gasteiger charge is -2.55. The predicted molar refractivity (Wildman–Crippen MR) is 272 cm³/mol. The molecule has 4 aliphatic heterocycles. The standard InChI is InChI=1S/C52H98N6O14/c1-20-37-51(16,64)41(59)34(6)53-28-30(2)26-49(14,63)42(72-44-40(71-46(62)55-48(11,12)13)36(25-31(3)67-44)57(18)45(61)54-47(8,9)10)32(4)39(33(5)43(60)69-37)70-38-27-50(15,66-19)52(65,35(7)68-38)29-58-23-21-56(17)22-24-58/h30-42,44,53,59,63-65H,20-29H2,1-19H3,(H,54,61)(H,55,62)/t30-,31-,32+,33-,34-,35+,36+,37-,38+,39+,40-,41-,42-,44+,49-,50-,51-,52+/m1/s1. The number of cyclic esters (lactones) is 1. The average molecular weight is 1030 g/mol. The number of piperazine rings is 1. The Morgan fingerprint density at radius 1 is 0.889 bits per heavy atom. The molecule has 0 saturated carbocycles. The molecule has 0 radical (unpaired) electrons. The van der Waals surface area contributed by atoms with Crippen LogP contribution in [0.3, 0.4) is 0 Å². The SMILES string of the molecule is CC[C@H]1OC(=O)[C@H](C)[C@@H](O[C@H]2C[C@@](C)(OC)[C@](O)(CN3CCN(C)CC3)[C@H](C)O2)[C@H](C)[C@@H](O[C@@H]2O[C@H](C)C[C@H](N(C)C(=O)NC(C)(C)C)[C@H]2OC(=O)NC(C)(C)C)[C@](C)(O)C[C@@H](C)CN[C@H](C)[C@@H](O)[C@]1(C)O. The number of β-amino-alcohol motifs (C(OH)–C–C–N with tert-alkyl or cyclic N) is 1. The van der Waals surface area contributed by atoms with Crippen LogP contribution in [0.5, 0.6) is 0 Å². The van der Waals surface area contributed by atoms with Gasteiger partial charge in [-0.15, -0.1) is 0 Å². The van der Waals surface area contributed by atoms with Crippen molar-refractivity contribution in [1.29, 1.82) is 0 Å². The number of aliphatic hydroxyl groups is 4. The van der Waals surface area contributed by atoms with Gasteiger partial charge >= 0.3 is 18.1 Å². The molecule has 0 aromatic rings. The quantitative estimate of drug-likeness (QED) is 0.155. The van der Waals surface area contributed by atoms with Crippen LogP contribution in [-0.2, 0) is 38.0 Å². The molecule has 0 bridgehead atoms. The normalized spacial score (nSPS) is 41.8. The Bertz CT molecular complexity index is 1770. The molecule has 18 atom stereocenters. The minimum Gasteiger partial charge on any atom is -0.459 e. The molecule has 4 heterocycles. The van der Waals surface area contributed by atoms with E-state index in [0.717, 1.165) is 26.2 Å². The molecule has 4 rings (SSSR count). The molecule has 0 unspecified atom stereocenters. The van der Waals surface area contributed by atoms with Crippen LogP contribution in [0.4, 0.5) is 9.59 Å². The Morgan fingerprint density at radius 3 is 2.04 bits per heavy atom. The van der Waals surface area contributed by atoms with Gasteiger partial charge in [0.15, 0.2) is 18.7 Å². The van der Waals surface area contributed by atoms with E-state index >= 15 is 0 Å². The van der Waals surface area contributed by atoms with Crippen molar-refractivity contribution in [3.8, 4) is 0 Å². The summed E-state index contributed by atoms with van der Waals surface area (Å²) in [4.78, 5) is 48.3. The Morgan fingerprint density at radius 2 is 1.49 bits per heavy atom. The Kier molecular flexibility index (Phi) is 20.9. The minimum atomic E-state index is -1.88.